The maximum Gasteiger partial charge on any atom is 0.469 e. The minimum atomic E-state index is -4.39. The monoisotopic (exact) mass is 468 g/mol. The molecule has 0 radical (unpaired) electrons. The zero-order valence-corrected chi connectivity index (χ0v) is 22.2. The first-order chi connectivity index (χ1) is 14.9. The number of phosphoric ester groups is 1. The van der Waals surface area contributed by atoms with Crippen LogP contribution in [0.15, 0.2) is 0 Å². The van der Waals surface area contributed by atoms with Crippen LogP contribution in [-0.4, -0.2) is 15.9 Å². The molecular formula is C27H49O4P. The van der Waals surface area contributed by atoms with Crippen LogP contribution < -0.4 is 0 Å². The number of hydrogen-bond donors (Lipinski definition) is 2. The lowest BCUT2D eigenvalue weighted by atomic mass is 9.44. The predicted molar refractivity (Wildman–Crippen MR) is 130 cm³/mol. The standard InChI is InChI=1S/C27H49O4P/c1-18(2)7-6-8-19(3)23-11-12-24-22-10-9-20-17-21(31-32(28,29)30)13-15-26(20,4)25(22)14-16-27(23,24)5/h18-25H,6-17H2,1-5H3,(H2,28,29,30)/t19-,20-,21-,22-,23+,24-,25-,26-,27+/m0/s1. The van der Waals surface area contributed by atoms with Gasteiger partial charge in [0.2, 0.25) is 0 Å². The molecule has 4 nitrogen and oxygen atoms in total. The van der Waals surface area contributed by atoms with E-state index < -0.39 is 7.82 Å². The lowest BCUT2D eigenvalue weighted by Crippen LogP contribution is -2.54. The molecule has 2 N–H and O–H groups in total. The second-order valence-corrected chi connectivity index (χ2v) is 14.4. The first kappa shape index (κ1) is 25.2. The van der Waals surface area contributed by atoms with E-state index in [-0.39, 0.29) is 6.10 Å². The third-order valence-corrected chi connectivity index (χ3v) is 11.7. The molecule has 5 heteroatoms. The SMILES string of the molecule is CC(C)CCC[C@H](C)[C@H]1CC[C@H]2[C@@H]3CC[C@H]4C[C@@H](OP(=O)(O)O)CC[C@]4(C)[C@H]3CC[C@]12C. The topological polar surface area (TPSA) is 66.8 Å². The van der Waals surface area contributed by atoms with Gasteiger partial charge in [0.25, 0.3) is 0 Å². The van der Waals surface area contributed by atoms with Crippen molar-refractivity contribution in [3.63, 3.8) is 0 Å². The number of hydrogen-bond acceptors (Lipinski definition) is 2. The van der Waals surface area contributed by atoms with Crippen LogP contribution in [0.2, 0.25) is 0 Å². The Morgan fingerprint density at radius 1 is 0.906 bits per heavy atom. The highest BCUT2D eigenvalue weighted by molar-refractivity contribution is 7.46. The van der Waals surface area contributed by atoms with E-state index in [1.165, 1.54) is 57.8 Å². The van der Waals surface area contributed by atoms with Crippen LogP contribution >= 0.6 is 7.82 Å². The van der Waals surface area contributed by atoms with Crippen molar-refractivity contribution in [1.29, 1.82) is 0 Å². The Morgan fingerprint density at radius 3 is 2.28 bits per heavy atom. The molecule has 4 fully saturated rings. The van der Waals surface area contributed by atoms with Crippen molar-refractivity contribution in [3.05, 3.63) is 0 Å². The van der Waals surface area contributed by atoms with Gasteiger partial charge < -0.3 is 9.79 Å². The van der Waals surface area contributed by atoms with Crippen molar-refractivity contribution in [3.8, 4) is 0 Å². The van der Waals surface area contributed by atoms with E-state index in [0.717, 1.165) is 54.8 Å². The van der Waals surface area contributed by atoms with E-state index in [1.54, 1.807) is 0 Å². The molecule has 0 aliphatic heterocycles. The fourth-order valence-electron chi connectivity index (χ4n) is 9.53. The number of fused-ring (bicyclic) bond motifs is 5. The minimum Gasteiger partial charge on any atom is -0.303 e. The quantitative estimate of drug-likeness (QED) is 0.378. The third-order valence-electron chi connectivity index (χ3n) is 11.1. The average molecular weight is 469 g/mol. The van der Waals surface area contributed by atoms with Gasteiger partial charge >= 0.3 is 7.82 Å². The summed E-state index contributed by atoms with van der Waals surface area (Å²) in [5.41, 5.74) is 0.863. The molecule has 0 amide bonds. The number of rotatable bonds is 7. The summed E-state index contributed by atoms with van der Waals surface area (Å²) in [6.45, 7) is 12.4. The molecule has 0 unspecified atom stereocenters. The van der Waals surface area contributed by atoms with E-state index in [1.807, 2.05) is 0 Å². The highest BCUT2D eigenvalue weighted by atomic mass is 31.2. The first-order valence-corrected chi connectivity index (χ1v) is 15.2. The largest absolute Gasteiger partial charge is 0.469 e. The van der Waals surface area contributed by atoms with Gasteiger partial charge in [0.15, 0.2) is 0 Å². The average Bonchev–Trinajstić information content (AvgIpc) is 3.04. The zero-order chi connectivity index (χ0) is 23.3. The van der Waals surface area contributed by atoms with Crippen molar-refractivity contribution in [2.75, 3.05) is 0 Å². The molecule has 0 bridgehead atoms. The van der Waals surface area contributed by atoms with E-state index in [4.69, 9.17) is 4.52 Å². The molecule has 4 aliphatic rings. The smallest absolute Gasteiger partial charge is 0.303 e. The zero-order valence-electron chi connectivity index (χ0n) is 21.3. The van der Waals surface area contributed by atoms with Crippen molar-refractivity contribution < 1.29 is 18.9 Å². The molecule has 4 aliphatic carbocycles. The van der Waals surface area contributed by atoms with Gasteiger partial charge in [-0.2, -0.15) is 0 Å². The van der Waals surface area contributed by atoms with E-state index in [9.17, 15) is 14.4 Å². The molecule has 0 aromatic rings. The molecule has 4 saturated carbocycles. The van der Waals surface area contributed by atoms with Gasteiger partial charge in [-0.1, -0.05) is 53.9 Å². The molecule has 0 aromatic carbocycles. The van der Waals surface area contributed by atoms with Crippen molar-refractivity contribution in [1.82, 2.24) is 0 Å². The highest BCUT2D eigenvalue weighted by Crippen LogP contribution is 2.68. The summed E-state index contributed by atoms with van der Waals surface area (Å²) in [4.78, 5) is 18.6. The second kappa shape index (κ2) is 9.29. The molecule has 0 aromatic heterocycles. The summed E-state index contributed by atoms with van der Waals surface area (Å²) in [6.07, 6.45) is 14.8. The Labute approximate surface area is 196 Å². The van der Waals surface area contributed by atoms with Crippen LogP contribution in [-0.2, 0) is 9.09 Å². The van der Waals surface area contributed by atoms with Crippen molar-refractivity contribution in [2.45, 2.75) is 118 Å². The van der Waals surface area contributed by atoms with Gasteiger partial charge in [0, 0.05) is 0 Å². The van der Waals surface area contributed by atoms with Gasteiger partial charge in [0.05, 0.1) is 6.10 Å². The van der Waals surface area contributed by atoms with Crippen LogP contribution in [0.1, 0.15) is 112 Å². The Bertz CT molecular complexity index is 704. The summed E-state index contributed by atoms with van der Waals surface area (Å²) in [5.74, 6) is 5.69. The van der Waals surface area contributed by atoms with Crippen LogP contribution in [0.5, 0.6) is 0 Å². The predicted octanol–water partition coefficient (Wildman–Crippen LogP) is 7.59. The highest BCUT2D eigenvalue weighted by Gasteiger charge is 2.60. The van der Waals surface area contributed by atoms with Crippen LogP contribution in [0, 0.1) is 52.3 Å². The summed E-state index contributed by atoms with van der Waals surface area (Å²) < 4.78 is 16.5. The summed E-state index contributed by atoms with van der Waals surface area (Å²) in [7, 11) is -4.39. The van der Waals surface area contributed by atoms with Crippen molar-refractivity contribution in [2.24, 2.45) is 52.3 Å². The Kier molecular flexibility index (Phi) is 7.32. The van der Waals surface area contributed by atoms with Crippen molar-refractivity contribution >= 4 is 7.82 Å². The normalized spacial score (nSPS) is 45.2. The van der Waals surface area contributed by atoms with Gasteiger partial charge in [0.1, 0.15) is 0 Å². The van der Waals surface area contributed by atoms with E-state index >= 15 is 0 Å². The van der Waals surface area contributed by atoms with Gasteiger partial charge in [-0.3, -0.25) is 4.52 Å². The molecule has 0 spiro atoms. The lowest BCUT2D eigenvalue weighted by molar-refractivity contribution is -0.128. The summed E-state index contributed by atoms with van der Waals surface area (Å²) >= 11 is 0. The van der Waals surface area contributed by atoms with Crippen LogP contribution in [0.25, 0.3) is 0 Å². The maximum absolute atomic E-state index is 11.4. The van der Waals surface area contributed by atoms with Gasteiger partial charge in [-0.15, -0.1) is 0 Å². The Hall–Kier alpha value is 0.110. The fourth-order valence-corrected chi connectivity index (χ4v) is 10.1. The van der Waals surface area contributed by atoms with Gasteiger partial charge in [-0.05, 0) is 110 Å². The van der Waals surface area contributed by atoms with Gasteiger partial charge in [-0.25, -0.2) is 4.57 Å². The Balaban J connectivity index is 1.43. The molecule has 186 valence electrons. The molecule has 0 saturated heterocycles. The Morgan fingerprint density at radius 2 is 1.59 bits per heavy atom. The fraction of sp³-hybridized carbons (Fsp3) is 1.00. The molecule has 0 heterocycles. The first-order valence-electron chi connectivity index (χ1n) is 13.7. The van der Waals surface area contributed by atoms with Crippen LogP contribution in [0.3, 0.4) is 0 Å². The van der Waals surface area contributed by atoms with E-state index in [0.29, 0.717) is 16.7 Å². The van der Waals surface area contributed by atoms with E-state index in [2.05, 4.69) is 34.6 Å². The molecule has 4 rings (SSSR count). The maximum atomic E-state index is 11.4. The second-order valence-electron chi connectivity index (χ2n) is 13.2. The third kappa shape index (κ3) is 4.77. The lowest BCUT2D eigenvalue weighted by Gasteiger charge is -2.61. The molecule has 9 atom stereocenters. The minimum absolute atomic E-state index is 0.262. The number of phosphoric acid groups is 1. The summed E-state index contributed by atoms with van der Waals surface area (Å²) in [5, 5.41) is 0. The molecular weight excluding hydrogens is 419 g/mol. The van der Waals surface area contributed by atoms with Crippen LogP contribution in [0.4, 0.5) is 0 Å². The molecule has 32 heavy (non-hydrogen) atoms. The summed E-state index contributed by atoms with van der Waals surface area (Å²) in [6, 6.07) is 0.